The van der Waals surface area contributed by atoms with Gasteiger partial charge >= 0.3 is 0 Å². The quantitative estimate of drug-likeness (QED) is 0.648. The fourth-order valence-electron chi connectivity index (χ4n) is 2.64. The van der Waals surface area contributed by atoms with Crippen molar-refractivity contribution in [2.45, 2.75) is 26.2 Å². The zero-order valence-electron chi connectivity index (χ0n) is 14.3. The lowest BCUT2D eigenvalue weighted by Crippen LogP contribution is -2.10. The van der Waals surface area contributed by atoms with Crippen LogP contribution in [-0.2, 0) is 5.41 Å². The van der Waals surface area contributed by atoms with Crippen LogP contribution in [-0.4, -0.2) is 14.2 Å². The molecule has 0 atom stereocenters. The van der Waals surface area contributed by atoms with Crippen molar-refractivity contribution < 1.29 is 13.9 Å². The number of furan rings is 1. The molecule has 0 spiro atoms. The molecule has 0 aliphatic carbocycles. The van der Waals surface area contributed by atoms with Gasteiger partial charge in [0.15, 0.2) is 11.5 Å². The normalized spacial score (nSPS) is 11.7. The summed E-state index contributed by atoms with van der Waals surface area (Å²) in [5.41, 5.74) is 3.30. The molecule has 3 heteroatoms. The van der Waals surface area contributed by atoms with Gasteiger partial charge in [-0.15, -0.1) is 0 Å². The molecule has 0 bridgehead atoms. The molecule has 0 amide bonds. The molecule has 0 unspecified atom stereocenters. The predicted octanol–water partition coefficient (Wildman–Crippen LogP) is 5.41. The molecule has 3 aromatic rings. The third kappa shape index (κ3) is 2.91. The second kappa shape index (κ2) is 5.65. The highest BCUT2D eigenvalue weighted by molar-refractivity contribution is 5.86. The third-order valence-electron chi connectivity index (χ3n) is 4.06. The summed E-state index contributed by atoms with van der Waals surface area (Å²) in [4.78, 5) is 0. The topological polar surface area (TPSA) is 31.6 Å². The summed E-state index contributed by atoms with van der Waals surface area (Å²) in [5, 5.41) is 0.998. The van der Waals surface area contributed by atoms with Crippen molar-refractivity contribution in [1.82, 2.24) is 0 Å². The van der Waals surface area contributed by atoms with E-state index in [9.17, 15) is 0 Å². The van der Waals surface area contributed by atoms with E-state index in [-0.39, 0.29) is 5.41 Å². The van der Waals surface area contributed by atoms with E-state index in [2.05, 4.69) is 45.0 Å². The van der Waals surface area contributed by atoms with Crippen molar-refractivity contribution in [2.75, 3.05) is 14.2 Å². The van der Waals surface area contributed by atoms with E-state index >= 15 is 0 Å². The Morgan fingerprint density at radius 1 is 0.826 bits per heavy atom. The highest BCUT2D eigenvalue weighted by atomic mass is 16.5. The summed E-state index contributed by atoms with van der Waals surface area (Å²) in [7, 11) is 3.26. The molecular formula is C20H22O3. The van der Waals surface area contributed by atoms with E-state index in [0.29, 0.717) is 11.5 Å². The van der Waals surface area contributed by atoms with Crippen LogP contribution in [0.2, 0.25) is 0 Å². The standard InChI is InChI=1S/C20H22O3/c1-20(2,3)15-8-6-13(7-9-15)16-10-14-11-18(21-4)19(22-5)12-17(14)23-16/h6-12H,1-5H3. The largest absolute Gasteiger partial charge is 0.493 e. The van der Waals surface area contributed by atoms with Gasteiger partial charge in [0.2, 0.25) is 0 Å². The van der Waals surface area contributed by atoms with Gasteiger partial charge in [-0.3, -0.25) is 0 Å². The lowest BCUT2D eigenvalue weighted by Gasteiger charge is -2.18. The Bertz CT molecular complexity index is 779. The van der Waals surface area contributed by atoms with Crippen LogP contribution in [0.15, 0.2) is 46.9 Å². The molecule has 1 aromatic heterocycles. The average Bonchev–Trinajstić information content (AvgIpc) is 2.95. The number of fused-ring (bicyclic) bond motifs is 1. The highest BCUT2D eigenvalue weighted by Gasteiger charge is 2.15. The van der Waals surface area contributed by atoms with Crippen LogP contribution in [0.1, 0.15) is 26.3 Å². The molecule has 23 heavy (non-hydrogen) atoms. The number of methoxy groups -OCH3 is 2. The number of rotatable bonds is 3. The molecule has 0 fully saturated rings. The van der Waals surface area contributed by atoms with E-state index in [1.807, 2.05) is 18.2 Å². The molecule has 1 heterocycles. The minimum Gasteiger partial charge on any atom is -0.493 e. The second-order valence-corrected chi connectivity index (χ2v) is 6.68. The molecule has 0 radical (unpaired) electrons. The van der Waals surface area contributed by atoms with Gasteiger partial charge in [0.25, 0.3) is 0 Å². The molecule has 120 valence electrons. The number of benzene rings is 2. The predicted molar refractivity (Wildman–Crippen MR) is 93.5 cm³/mol. The first-order chi connectivity index (χ1) is 10.9. The highest BCUT2D eigenvalue weighted by Crippen LogP contribution is 2.36. The van der Waals surface area contributed by atoms with E-state index in [1.165, 1.54) is 5.56 Å². The Balaban J connectivity index is 2.03. The van der Waals surface area contributed by atoms with Crippen molar-refractivity contribution in [3.05, 3.63) is 48.0 Å². The van der Waals surface area contributed by atoms with Gasteiger partial charge in [0, 0.05) is 17.0 Å². The number of hydrogen-bond donors (Lipinski definition) is 0. The first kappa shape index (κ1) is 15.5. The SMILES string of the molecule is COc1cc2cc(-c3ccc(C(C)(C)C)cc3)oc2cc1OC. The zero-order valence-corrected chi connectivity index (χ0v) is 14.3. The fraction of sp³-hybridized carbons (Fsp3) is 0.300. The Morgan fingerprint density at radius 2 is 1.43 bits per heavy atom. The first-order valence-electron chi connectivity index (χ1n) is 7.69. The zero-order chi connectivity index (χ0) is 16.6. The summed E-state index contributed by atoms with van der Waals surface area (Å²) < 4.78 is 16.7. The van der Waals surface area contributed by atoms with Crippen LogP contribution in [0.25, 0.3) is 22.3 Å². The maximum atomic E-state index is 5.99. The number of hydrogen-bond acceptors (Lipinski definition) is 3. The van der Waals surface area contributed by atoms with Gasteiger partial charge in [-0.1, -0.05) is 45.0 Å². The monoisotopic (exact) mass is 310 g/mol. The number of ether oxygens (including phenoxy) is 2. The smallest absolute Gasteiger partial charge is 0.164 e. The summed E-state index contributed by atoms with van der Waals surface area (Å²) in [5.74, 6) is 2.22. The van der Waals surface area contributed by atoms with Crippen molar-refractivity contribution in [3.63, 3.8) is 0 Å². The Labute approximate surface area is 136 Å². The van der Waals surface area contributed by atoms with Crippen molar-refractivity contribution >= 4 is 11.0 Å². The molecule has 0 N–H and O–H groups in total. The molecule has 0 saturated carbocycles. The molecule has 3 nitrogen and oxygen atoms in total. The van der Waals surface area contributed by atoms with Crippen LogP contribution < -0.4 is 9.47 Å². The summed E-state index contributed by atoms with van der Waals surface area (Å²) in [6.07, 6.45) is 0. The second-order valence-electron chi connectivity index (χ2n) is 6.68. The van der Waals surface area contributed by atoms with Crippen molar-refractivity contribution in [2.24, 2.45) is 0 Å². The lowest BCUT2D eigenvalue weighted by molar-refractivity contribution is 0.355. The minimum atomic E-state index is 0.146. The van der Waals surface area contributed by atoms with Gasteiger partial charge in [-0.25, -0.2) is 0 Å². The third-order valence-corrected chi connectivity index (χ3v) is 4.06. The lowest BCUT2D eigenvalue weighted by atomic mass is 9.86. The molecule has 3 rings (SSSR count). The van der Waals surface area contributed by atoms with E-state index < -0.39 is 0 Å². The van der Waals surface area contributed by atoms with Crippen LogP contribution in [0.5, 0.6) is 11.5 Å². The van der Waals surface area contributed by atoms with Gasteiger partial charge < -0.3 is 13.9 Å². The van der Waals surface area contributed by atoms with E-state index in [1.54, 1.807) is 14.2 Å². The molecular weight excluding hydrogens is 288 g/mol. The Kier molecular flexibility index (Phi) is 3.80. The van der Waals surface area contributed by atoms with E-state index in [0.717, 1.165) is 22.3 Å². The van der Waals surface area contributed by atoms with Gasteiger partial charge in [0.05, 0.1) is 14.2 Å². The molecule has 0 saturated heterocycles. The first-order valence-corrected chi connectivity index (χ1v) is 7.69. The fourth-order valence-corrected chi connectivity index (χ4v) is 2.64. The van der Waals surface area contributed by atoms with Gasteiger partial charge in [-0.05, 0) is 23.1 Å². The average molecular weight is 310 g/mol. The summed E-state index contributed by atoms with van der Waals surface area (Å²) in [6, 6.07) is 14.3. The maximum Gasteiger partial charge on any atom is 0.164 e. The summed E-state index contributed by atoms with van der Waals surface area (Å²) >= 11 is 0. The van der Waals surface area contributed by atoms with Crippen molar-refractivity contribution in [3.8, 4) is 22.8 Å². The molecule has 0 aliphatic heterocycles. The van der Waals surface area contributed by atoms with Gasteiger partial charge in [-0.2, -0.15) is 0 Å². The van der Waals surface area contributed by atoms with Crippen LogP contribution in [0, 0.1) is 0 Å². The van der Waals surface area contributed by atoms with Crippen LogP contribution in [0.3, 0.4) is 0 Å². The van der Waals surface area contributed by atoms with Crippen LogP contribution in [0.4, 0.5) is 0 Å². The summed E-state index contributed by atoms with van der Waals surface area (Å²) in [6.45, 7) is 6.63. The van der Waals surface area contributed by atoms with Crippen LogP contribution >= 0.6 is 0 Å². The molecule has 2 aromatic carbocycles. The maximum absolute atomic E-state index is 5.99. The minimum absolute atomic E-state index is 0.146. The Hall–Kier alpha value is -2.42. The van der Waals surface area contributed by atoms with Gasteiger partial charge in [0.1, 0.15) is 11.3 Å². The Morgan fingerprint density at radius 3 is 2.00 bits per heavy atom. The van der Waals surface area contributed by atoms with Crippen molar-refractivity contribution in [1.29, 1.82) is 0 Å². The van der Waals surface area contributed by atoms with E-state index in [4.69, 9.17) is 13.9 Å². The molecule has 0 aliphatic rings.